The van der Waals surface area contributed by atoms with Gasteiger partial charge in [0.1, 0.15) is 0 Å². The first-order valence-corrected chi connectivity index (χ1v) is 4.36. The van der Waals surface area contributed by atoms with Gasteiger partial charge in [0.15, 0.2) is 0 Å². The summed E-state index contributed by atoms with van der Waals surface area (Å²) in [5, 5.41) is 19.9. The van der Waals surface area contributed by atoms with Gasteiger partial charge < -0.3 is 5.11 Å². The van der Waals surface area contributed by atoms with Crippen LogP contribution in [0.1, 0.15) is 10.4 Å². The average molecular weight is 218 g/mol. The minimum atomic E-state index is -1.21. The third kappa shape index (κ3) is 1.56. The molecule has 80 valence electrons. The van der Waals surface area contributed by atoms with E-state index in [-0.39, 0.29) is 11.3 Å². The lowest BCUT2D eigenvalue weighted by molar-refractivity contribution is -0.383. The molecule has 0 radical (unpaired) electrons. The largest absolute Gasteiger partial charge is 0.478 e. The van der Waals surface area contributed by atoms with Crippen LogP contribution in [0.25, 0.3) is 10.9 Å². The highest BCUT2D eigenvalue weighted by Crippen LogP contribution is 2.25. The maximum Gasteiger partial charge on any atom is 0.336 e. The summed E-state index contributed by atoms with van der Waals surface area (Å²) in [5.41, 5.74) is -0.0880. The molecule has 0 amide bonds. The molecule has 6 nitrogen and oxygen atoms in total. The Labute approximate surface area is 89.3 Å². The maximum atomic E-state index is 10.8. The van der Waals surface area contributed by atoms with E-state index < -0.39 is 10.9 Å². The van der Waals surface area contributed by atoms with Gasteiger partial charge >= 0.3 is 5.97 Å². The Morgan fingerprint density at radius 1 is 1.44 bits per heavy atom. The molecule has 0 bridgehead atoms. The molecule has 0 saturated carbocycles. The minimum absolute atomic E-state index is 0.141. The van der Waals surface area contributed by atoms with Crippen molar-refractivity contribution in [3.8, 4) is 0 Å². The van der Waals surface area contributed by atoms with E-state index in [1.165, 1.54) is 18.3 Å². The van der Waals surface area contributed by atoms with Crippen LogP contribution in [-0.2, 0) is 0 Å². The predicted molar refractivity (Wildman–Crippen MR) is 55.4 cm³/mol. The van der Waals surface area contributed by atoms with Crippen molar-refractivity contribution in [2.45, 2.75) is 0 Å². The van der Waals surface area contributed by atoms with Crippen LogP contribution in [0, 0.1) is 10.1 Å². The lowest BCUT2D eigenvalue weighted by Crippen LogP contribution is -1.99. The molecular formula is C10H6N2O4. The fraction of sp³-hybridized carbons (Fsp3) is 0. The van der Waals surface area contributed by atoms with Gasteiger partial charge in [-0.05, 0) is 18.2 Å². The second-order valence-electron chi connectivity index (χ2n) is 3.13. The number of aromatic carboxylic acids is 1. The summed E-state index contributed by atoms with van der Waals surface area (Å²) in [4.78, 5) is 24.8. The summed E-state index contributed by atoms with van der Waals surface area (Å²) in [6, 6.07) is 5.44. The van der Waals surface area contributed by atoms with Crippen molar-refractivity contribution in [3.63, 3.8) is 0 Å². The molecule has 0 aliphatic rings. The van der Waals surface area contributed by atoms with E-state index in [0.717, 1.165) is 6.07 Å². The zero-order chi connectivity index (χ0) is 11.7. The molecule has 0 atom stereocenters. The molecule has 2 rings (SSSR count). The van der Waals surface area contributed by atoms with E-state index in [2.05, 4.69) is 4.98 Å². The van der Waals surface area contributed by atoms with E-state index in [9.17, 15) is 14.9 Å². The Balaban J connectivity index is 2.84. The number of nitro benzene ring substituents is 1. The zero-order valence-electron chi connectivity index (χ0n) is 7.95. The summed E-state index contributed by atoms with van der Waals surface area (Å²) in [6.45, 7) is 0. The highest BCUT2D eigenvalue weighted by atomic mass is 16.6. The molecule has 1 N–H and O–H groups in total. The van der Waals surface area contributed by atoms with E-state index in [4.69, 9.17) is 5.11 Å². The number of aromatic nitrogens is 1. The van der Waals surface area contributed by atoms with Crippen molar-refractivity contribution in [2.24, 2.45) is 0 Å². The van der Waals surface area contributed by atoms with Crippen LogP contribution in [-0.4, -0.2) is 21.0 Å². The Morgan fingerprint density at radius 2 is 2.19 bits per heavy atom. The second kappa shape index (κ2) is 3.58. The van der Waals surface area contributed by atoms with Crippen molar-refractivity contribution in [2.75, 3.05) is 0 Å². The molecule has 0 aliphatic heterocycles. The quantitative estimate of drug-likeness (QED) is 0.613. The van der Waals surface area contributed by atoms with Gasteiger partial charge in [0.05, 0.1) is 21.4 Å². The zero-order valence-corrected chi connectivity index (χ0v) is 7.95. The number of benzene rings is 1. The molecular weight excluding hydrogens is 212 g/mol. The highest BCUT2D eigenvalue weighted by Gasteiger charge is 2.16. The number of nitro groups is 1. The van der Waals surface area contributed by atoms with Crippen LogP contribution in [0.3, 0.4) is 0 Å². The van der Waals surface area contributed by atoms with Gasteiger partial charge in [-0.15, -0.1) is 0 Å². The summed E-state index contributed by atoms with van der Waals surface area (Å²) in [7, 11) is 0. The molecule has 1 aromatic heterocycles. The predicted octanol–water partition coefficient (Wildman–Crippen LogP) is 1.84. The van der Waals surface area contributed by atoms with Gasteiger partial charge in [0.25, 0.3) is 5.69 Å². The van der Waals surface area contributed by atoms with Crippen molar-refractivity contribution in [1.82, 2.24) is 4.98 Å². The minimum Gasteiger partial charge on any atom is -0.478 e. The number of fused-ring (bicyclic) bond motifs is 1. The topological polar surface area (TPSA) is 93.3 Å². The first-order chi connectivity index (χ1) is 7.59. The molecule has 16 heavy (non-hydrogen) atoms. The molecule has 6 heteroatoms. The van der Waals surface area contributed by atoms with Crippen LogP contribution in [0.2, 0.25) is 0 Å². The number of rotatable bonds is 2. The van der Waals surface area contributed by atoms with E-state index in [1.54, 1.807) is 6.07 Å². The molecule has 0 saturated heterocycles. The standard InChI is InChI=1S/C10H6N2O4/c13-10(14)6-4-8-7(2-1-3-11-8)9(5-6)12(15)16/h1-5H,(H,13,14). The fourth-order valence-electron chi connectivity index (χ4n) is 1.44. The number of hydrogen-bond donors (Lipinski definition) is 1. The number of non-ortho nitro benzene ring substituents is 1. The van der Waals surface area contributed by atoms with Crippen LogP contribution in [0.4, 0.5) is 5.69 Å². The molecule has 0 spiro atoms. The summed E-state index contributed by atoms with van der Waals surface area (Å²) in [6.07, 6.45) is 1.46. The fourth-order valence-corrected chi connectivity index (χ4v) is 1.44. The summed E-state index contributed by atoms with van der Waals surface area (Å²) >= 11 is 0. The molecule has 1 aromatic carbocycles. The SMILES string of the molecule is O=C(O)c1cc([N+](=O)[O-])c2cccnc2c1. The monoisotopic (exact) mass is 218 g/mol. The van der Waals surface area contributed by atoms with Gasteiger partial charge in [0, 0.05) is 12.3 Å². The van der Waals surface area contributed by atoms with Crippen LogP contribution < -0.4 is 0 Å². The Morgan fingerprint density at radius 3 is 2.81 bits per heavy atom. The van der Waals surface area contributed by atoms with Gasteiger partial charge in [-0.2, -0.15) is 0 Å². The van der Waals surface area contributed by atoms with Crippen molar-refractivity contribution in [1.29, 1.82) is 0 Å². The molecule has 0 fully saturated rings. The van der Waals surface area contributed by atoms with E-state index >= 15 is 0 Å². The first-order valence-electron chi connectivity index (χ1n) is 4.36. The first kappa shape index (κ1) is 10.0. The Hall–Kier alpha value is -2.50. The Kier molecular flexibility index (Phi) is 2.24. The van der Waals surface area contributed by atoms with Crippen LogP contribution >= 0.6 is 0 Å². The smallest absolute Gasteiger partial charge is 0.336 e. The lowest BCUT2D eigenvalue weighted by Gasteiger charge is -2.00. The number of carbonyl (C=O) groups is 1. The van der Waals surface area contributed by atoms with Crippen molar-refractivity contribution < 1.29 is 14.8 Å². The normalized spacial score (nSPS) is 10.2. The third-order valence-corrected chi connectivity index (χ3v) is 2.14. The van der Waals surface area contributed by atoms with Gasteiger partial charge in [-0.25, -0.2) is 4.79 Å². The van der Waals surface area contributed by atoms with Gasteiger partial charge in [0.2, 0.25) is 0 Å². The van der Waals surface area contributed by atoms with Gasteiger partial charge in [-0.1, -0.05) is 0 Å². The van der Waals surface area contributed by atoms with Crippen molar-refractivity contribution >= 4 is 22.6 Å². The highest BCUT2D eigenvalue weighted by molar-refractivity contribution is 5.97. The van der Waals surface area contributed by atoms with Crippen LogP contribution in [0.5, 0.6) is 0 Å². The molecule has 2 aromatic rings. The number of carboxylic acid groups (broad SMARTS) is 1. The molecule has 0 unspecified atom stereocenters. The van der Waals surface area contributed by atoms with Crippen molar-refractivity contribution in [3.05, 3.63) is 46.1 Å². The van der Waals surface area contributed by atoms with E-state index in [1.807, 2.05) is 0 Å². The maximum absolute atomic E-state index is 10.8. The van der Waals surface area contributed by atoms with E-state index in [0.29, 0.717) is 10.9 Å². The third-order valence-electron chi connectivity index (χ3n) is 2.14. The summed E-state index contributed by atoms with van der Waals surface area (Å²) in [5.74, 6) is -1.21. The number of nitrogens with zero attached hydrogens (tertiary/aromatic N) is 2. The van der Waals surface area contributed by atoms with Crippen LogP contribution in [0.15, 0.2) is 30.5 Å². The number of hydrogen-bond acceptors (Lipinski definition) is 4. The summed E-state index contributed by atoms with van der Waals surface area (Å²) < 4.78 is 0. The number of pyridine rings is 1. The lowest BCUT2D eigenvalue weighted by atomic mass is 10.1. The molecule has 1 heterocycles. The second-order valence-corrected chi connectivity index (χ2v) is 3.13. The number of carboxylic acids is 1. The van der Waals surface area contributed by atoms with Gasteiger partial charge in [-0.3, -0.25) is 15.1 Å². The Bertz CT molecular complexity index is 594. The average Bonchev–Trinajstić information content (AvgIpc) is 2.27. The molecule has 0 aliphatic carbocycles.